The molecule has 1 N–H and O–H groups in total. The van der Waals surface area contributed by atoms with Gasteiger partial charge in [-0.3, -0.25) is 9.59 Å². The Labute approximate surface area is 156 Å². The van der Waals surface area contributed by atoms with E-state index < -0.39 is 0 Å². The van der Waals surface area contributed by atoms with E-state index in [0.717, 1.165) is 4.88 Å². The van der Waals surface area contributed by atoms with Gasteiger partial charge in [-0.25, -0.2) is 0 Å². The Morgan fingerprint density at radius 2 is 2.04 bits per heavy atom. The van der Waals surface area contributed by atoms with Gasteiger partial charge in [0.1, 0.15) is 0 Å². The molecule has 1 fully saturated rings. The first-order valence-electron chi connectivity index (χ1n) is 8.39. The Hall–Kier alpha value is -2.54. The van der Waals surface area contributed by atoms with Crippen molar-refractivity contribution in [2.75, 3.05) is 25.7 Å². The van der Waals surface area contributed by atoms with E-state index >= 15 is 0 Å². The van der Waals surface area contributed by atoms with Gasteiger partial charge in [-0.15, -0.1) is 11.3 Å². The van der Waals surface area contributed by atoms with Gasteiger partial charge in [0, 0.05) is 29.6 Å². The molecule has 1 aromatic heterocycles. The highest BCUT2D eigenvalue weighted by Crippen LogP contribution is 2.34. The lowest BCUT2D eigenvalue weighted by Crippen LogP contribution is -2.34. The average Bonchev–Trinajstić information content (AvgIpc) is 3.31. The third kappa shape index (κ3) is 3.67. The number of nitrogens with one attached hydrogen (secondary N) is 1. The van der Waals surface area contributed by atoms with Crippen LogP contribution in [0.5, 0.6) is 11.5 Å². The zero-order chi connectivity index (χ0) is 18.7. The standard InChI is InChI=1S/C19H22N2O4S/c1-12(17-5-4-8-26-17)20-19(23)13-9-18(22)21(11-13)14-6-7-15(24-2)16(10-14)25-3/h4-8,10,12-13H,9,11H2,1-3H3,(H,20,23). The van der Waals surface area contributed by atoms with E-state index in [9.17, 15) is 9.59 Å². The van der Waals surface area contributed by atoms with Crippen LogP contribution in [0.15, 0.2) is 35.7 Å². The van der Waals surface area contributed by atoms with Crippen LogP contribution < -0.4 is 19.7 Å². The smallest absolute Gasteiger partial charge is 0.227 e. The summed E-state index contributed by atoms with van der Waals surface area (Å²) >= 11 is 1.60. The summed E-state index contributed by atoms with van der Waals surface area (Å²) in [5, 5.41) is 4.99. The molecule has 2 heterocycles. The number of methoxy groups -OCH3 is 2. The minimum atomic E-state index is -0.363. The molecule has 0 saturated carbocycles. The number of carbonyl (C=O) groups is 2. The van der Waals surface area contributed by atoms with Crippen LogP contribution in [0.4, 0.5) is 5.69 Å². The lowest BCUT2D eigenvalue weighted by atomic mass is 10.1. The van der Waals surface area contributed by atoms with Crippen LogP contribution >= 0.6 is 11.3 Å². The molecule has 6 nitrogen and oxygen atoms in total. The summed E-state index contributed by atoms with van der Waals surface area (Å²) in [6.45, 7) is 2.31. The summed E-state index contributed by atoms with van der Waals surface area (Å²) in [6, 6.07) is 9.20. The van der Waals surface area contributed by atoms with E-state index in [2.05, 4.69) is 5.32 Å². The summed E-state index contributed by atoms with van der Waals surface area (Å²) in [6.07, 6.45) is 0.206. The number of carbonyl (C=O) groups excluding carboxylic acids is 2. The number of ether oxygens (including phenoxy) is 2. The normalized spacial score (nSPS) is 17.9. The molecular weight excluding hydrogens is 352 g/mol. The van der Waals surface area contributed by atoms with Crippen LogP contribution in [-0.2, 0) is 9.59 Å². The zero-order valence-electron chi connectivity index (χ0n) is 15.0. The number of thiophene rings is 1. The number of hydrogen-bond acceptors (Lipinski definition) is 5. The molecule has 26 heavy (non-hydrogen) atoms. The predicted molar refractivity (Wildman–Crippen MR) is 101 cm³/mol. The topological polar surface area (TPSA) is 67.9 Å². The number of benzene rings is 1. The highest BCUT2D eigenvalue weighted by atomic mass is 32.1. The van der Waals surface area contributed by atoms with Crippen molar-refractivity contribution in [1.82, 2.24) is 5.32 Å². The Kier molecular flexibility index (Phi) is 5.46. The SMILES string of the molecule is COc1ccc(N2CC(C(=O)NC(C)c3cccs3)CC2=O)cc1OC. The van der Waals surface area contributed by atoms with E-state index in [1.165, 1.54) is 0 Å². The number of nitrogens with zero attached hydrogens (tertiary/aromatic N) is 1. The molecular formula is C19H22N2O4S. The first-order valence-corrected chi connectivity index (χ1v) is 9.27. The minimum Gasteiger partial charge on any atom is -0.493 e. The number of anilines is 1. The quantitative estimate of drug-likeness (QED) is 0.844. The molecule has 2 amide bonds. The molecule has 1 aliphatic rings. The number of rotatable bonds is 6. The highest BCUT2D eigenvalue weighted by molar-refractivity contribution is 7.10. The molecule has 2 atom stereocenters. The molecule has 2 unspecified atom stereocenters. The van der Waals surface area contributed by atoms with Gasteiger partial charge in [0.2, 0.25) is 11.8 Å². The van der Waals surface area contributed by atoms with Crippen molar-refractivity contribution in [1.29, 1.82) is 0 Å². The molecule has 138 valence electrons. The molecule has 0 bridgehead atoms. The molecule has 7 heteroatoms. The van der Waals surface area contributed by atoms with Crippen molar-refractivity contribution < 1.29 is 19.1 Å². The zero-order valence-corrected chi connectivity index (χ0v) is 15.8. The first kappa shape index (κ1) is 18.3. The van der Waals surface area contributed by atoms with Gasteiger partial charge in [-0.1, -0.05) is 6.07 Å². The van der Waals surface area contributed by atoms with Crippen molar-refractivity contribution >= 4 is 28.8 Å². The fraction of sp³-hybridized carbons (Fsp3) is 0.368. The maximum atomic E-state index is 12.6. The molecule has 3 rings (SSSR count). The second kappa shape index (κ2) is 7.78. The van der Waals surface area contributed by atoms with E-state index in [-0.39, 0.29) is 30.2 Å². The van der Waals surface area contributed by atoms with Gasteiger partial charge >= 0.3 is 0 Å². The molecule has 1 aliphatic heterocycles. The van der Waals surface area contributed by atoms with E-state index in [1.54, 1.807) is 48.7 Å². The first-order chi connectivity index (χ1) is 12.5. The van der Waals surface area contributed by atoms with Gasteiger partial charge in [0.25, 0.3) is 0 Å². The summed E-state index contributed by atoms with van der Waals surface area (Å²) in [5.74, 6) is 0.625. The Morgan fingerprint density at radius 1 is 1.27 bits per heavy atom. The van der Waals surface area contributed by atoms with Crippen molar-refractivity contribution in [3.05, 3.63) is 40.6 Å². The molecule has 1 aromatic carbocycles. The second-order valence-electron chi connectivity index (χ2n) is 6.19. The van der Waals surface area contributed by atoms with Crippen molar-refractivity contribution in [3.8, 4) is 11.5 Å². The largest absolute Gasteiger partial charge is 0.493 e. The summed E-state index contributed by atoms with van der Waals surface area (Å²) in [5.41, 5.74) is 0.703. The maximum Gasteiger partial charge on any atom is 0.227 e. The van der Waals surface area contributed by atoms with Crippen LogP contribution in [0.3, 0.4) is 0 Å². The highest BCUT2D eigenvalue weighted by Gasteiger charge is 2.36. The van der Waals surface area contributed by atoms with Crippen LogP contribution in [0.25, 0.3) is 0 Å². The molecule has 0 radical (unpaired) electrons. The van der Waals surface area contributed by atoms with Crippen molar-refractivity contribution in [2.24, 2.45) is 5.92 Å². The molecule has 0 aliphatic carbocycles. The van der Waals surface area contributed by atoms with Crippen LogP contribution in [0.2, 0.25) is 0 Å². The minimum absolute atomic E-state index is 0.0623. The predicted octanol–water partition coefficient (Wildman–Crippen LogP) is 3.00. The third-order valence-corrected chi connectivity index (χ3v) is 5.56. The third-order valence-electron chi connectivity index (χ3n) is 4.50. The average molecular weight is 374 g/mol. The van der Waals surface area contributed by atoms with Gasteiger partial charge in [0.15, 0.2) is 11.5 Å². The fourth-order valence-corrected chi connectivity index (χ4v) is 3.80. The van der Waals surface area contributed by atoms with E-state index in [4.69, 9.17) is 9.47 Å². The Bertz CT molecular complexity index is 791. The van der Waals surface area contributed by atoms with Gasteiger partial charge in [0.05, 0.1) is 26.2 Å². The monoisotopic (exact) mass is 374 g/mol. The second-order valence-corrected chi connectivity index (χ2v) is 7.17. The molecule has 1 saturated heterocycles. The van der Waals surface area contributed by atoms with E-state index in [1.807, 2.05) is 24.4 Å². The Morgan fingerprint density at radius 3 is 2.69 bits per heavy atom. The van der Waals surface area contributed by atoms with E-state index in [0.29, 0.717) is 23.7 Å². The van der Waals surface area contributed by atoms with Crippen LogP contribution in [0.1, 0.15) is 24.3 Å². The van der Waals surface area contributed by atoms with Gasteiger partial charge in [-0.2, -0.15) is 0 Å². The summed E-state index contributed by atoms with van der Waals surface area (Å²) in [4.78, 5) is 27.7. The van der Waals surface area contributed by atoms with Crippen LogP contribution in [-0.4, -0.2) is 32.6 Å². The lowest BCUT2D eigenvalue weighted by molar-refractivity contribution is -0.126. The fourth-order valence-electron chi connectivity index (χ4n) is 3.07. The summed E-state index contributed by atoms with van der Waals surface area (Å²) in [7, 11) is 3.11. The number of amides is 2. The summed E-state index contributed by atoms with van der Waals surface area (Å²) < 4.78 is 10.5. The van der Waals surface area contributed by atoms with Crippen molar-refractivity contribution in [3.63, 3.8) is 0 Å². The van der Waals surface area contributed by atoms with Gasteiger partial charge < -0.3 is 19.7 Å². The maximum absolute atomic E-state index is 12.6. The molecule has 0 spiro atoms. The van der Waals surface area contributed by atoms with Crippen LogP contribution in [0, 0.1) is 5.92 Å². The number of hydrogen-bond donors (Lipinski definition) is 1. The van der Waals surface area contributed by atoms with Crippen molar-refractivity contribution in [2.45, 2.75) is 19.4 Å². The Balaban J connectivity index is 1.69. The molecule has 2 aromatic rings. The van der Waals surface area contributed by atoms with Gasteiger partial charge in [-0.05, 0) is 30.5 Å². The lowest BCUT2D eigenvalue weighted by Gasteiger charge is -2.19.